The van der Waals surface area contributed by atoms with Gasteiger partial charge in [-0.1, -0.05) is 306 Å². The van der Waals surface area contributed by atoms with Gasteiger partial charge in [0, 0.05) is 51.4 Å². The molecule has 0 spiro atoms. The first kappa shape index (κ1) is 86.9. The molecular formula is C83H158N4O8. The van der Waals surface area contributed by atoms with Crippen LogP contribution in [0.15, 0.2) is 0 Å². The third kappa shape index (κ3) is 43.2. The van der Waals surface area contributed by atoms with E-state index in [9.17, 15) is 19.2 Å². The van der Waals surface area contributed by atoms with E-state index in [-0.39, 0.29) is 36.7 Å². The van der Waals surface area contributed by atoms with E-state index < -0.39 is 12.1 Å². The summed E-state index contributed by atoms with van der Waals surface area (Å²) in [6.45, 7) is 25.1. The first-order chi connectivity index (χ1) is 46.5. The van der Waals surface area contributed by atoms with Gasteiger partial charge in [-0.3, -0.25) is 29.0 Å². The molecule has 0 aromatic rings. The largest absolute Gasteiger partial charge is 0.465 e. The van der Waals surface area contributed by atoms with Crippen LogP contribution in [-0.2, 0) is 38.1 Å². The van der Waals surface area contributed by atoms with Crippen molar-refractivity contribution >= 4 is 23.9 Å². The average molecular weight is 1340 g/mol. The summed E-state index contributed by atoms with van der Waals surface area (Å²) < 4.78 is 24.9. The molecule has 0 bridgehead atoms. The van der Waals surface area contributed by atoms with Crippen molar-refractivity contribution in [3.63, 3.8) is 0 Å². The number of ether oxygens (including phenoxy) is 4. The van der Waals surface area contributed by atoms with Crippen molar-refractivity contribution < 1.29 is 38.1 Å². The lowest BCUT2D eigenvalue weighted by molar-refractivity contribution is -0.154. The highest BCUT2D eigenvalue weighted by Gasteiger charge is 2.44. The van der Waals surface area contributed by atoms with E-state index in [0.717, 1.165) is 90.4 Å². The quantitative estimate of drug-likeness (QED) is 0.0341. The summed E-state index contributed by atoms with van der Waals surface area (Å²) in [6, 6.07) is -0.625. The van der Waals surface area contributed by atoms with Gasteiger partial charge < -0.3 is 29.6 Å². The Morgan fingerprint density at radius 1 is 0.305 bits per heavy atom. The number of esters is 4. The highest BCUT2D eigenvalue weighted by Crippen LogP contribution is 2.35. The summed E-state index contributed by atoms with van der Waals surface area (Å²) in [5, 5.41) is 7.30. The number of rotatable bonds is 67. The number of piperazine rings is 1. The second kappa shape index (κ2) is 59.4. The van der Waals surface area contributed by atoms with E-state index >= 15 is 0 Å². The van der Waals surface area contributed by atoms with Crippen molar-refractivity contribution in [3.05, 3.63) is 0 Å². The fourth-order valence-electron chi connectivity index (χ4n) is 15.8. The van der Waals surface area contributed by atoms with Crippen LogP contribution in [0.1, 0.15) is 383 Å². The summed E-state index contributed by atoms with van der Waals surface area (Å²) in [5.41, 5.74) is 0. The fourth-order valence-corrected chi connectivity index (χ4v) is 15.8. The number of fused-ring (bicyclic) bond motifs is 2. The van der Waals surface area contributed by atoms with Crippen molar-refractivity contribution in [2.24, 2.45) is 35.5 Å². The van der Waals surface area contributed by atoms with Crippen LogP contribution >= 0.6 is 0 Å². The van der Waals surface area contributed by atoms with E-state index in [2.05, 4.69) is 75.8 Å². The number of nitrogens with one attached hydrogen (secondary N) is 2. The van der Waals surface area contributed by atoms with Crippen molar-refractivity contribution in [3.8, 4) is 0 Å². The molecule has 3 fully saturated rings. The molecule has 0 saturated carbocycles. The molecule has 10 atom stereocenters. The number of hydrogen-bond acceptors (Lipinski definition) is 12. The van der Waals surface area contributed by atoms with Gasteiger partial charge in [0.05, 0.1) is 39.3 Å². The maximum Gasteiger partial charge on any atom is 0.323 e. The molecule has 3 rings (SSSR count). The Morgan fingerprint density at radius 3 is 0.779 bits per heavy atom. The number of unbranched alkanes of at least 4 members (excludes halogenated alkanes) is 31. The molecule has 0 radical (unpaired) electrons. The first-order valence-corrected chi connectivity index (χ1v) is 42.1. The second-order valence-electron chi connectivity index (χ2n) is 31.1. The number of hydrogen-bond donors (Lipinski definition) is 2. The minimum Gasteiger partial charge on any atom is -0.465 e. The van der Waals surface area contributed by atoms with Gasteiger partial charge >= 0.3 is 23.9 Å². The van der Waals surface area contributed by atoms with Gasteiger partial charge in [-0.25, -0.2) is 0 Å². The van der Waals surface area contributed by atoms with Crippen molar-refractivity contribution in [2.75, 3.05) is 65.7 Å². The van der Waals surface area contributed by atoms with Gasteiger partial charge in [0.25, 0.3) is 0 Å². The molecule has 12 nitrogen and oxygen atoms in total. The van der Waals surface area contributed by atoms with Crippen LogP contribution in [0.4, 0.5) is 0 Å². The van der Waals surface area contributed by atoms with Crippen LogP contribution in [0.5, 0.6) is 0 Å². The van der Waals surface area contributed by atoms with Crippen LogP contribution in [0, 0.1) is 35.5 Å². The molecule has 0 aromatic carbocycles. The molecule has 10 unspecified atom stereocenters. The molecule has 0 amide bonds. The van der Waals surface area contributed by atoms with Gasteiger partial charge in [-0.05, 0) is 99.7 Å². The zero-order valence-corrected chi connectivity index (χ0v) is 64.1. The smallest absolute Gasteiger partial charge is 0.323 e. The Hall–Kier alpha value is -2.28. The minimum absolute atomic E-state index is 0.000283. The fraction of sp³-hybridized carbons (Fsp3) is 0.952. The average Bonchev–Trinajstić information content (AvgIpc) is 1.65. The lowest BCUT2D eigenvalue weighted by Gasteiger charge is -2.40. The molecule has 3 heterocycles. The monoisotopic (exact) mass is 1340 g/mol. The van der Waals surface area contributed by atoms with Crippen molar-refractivity contribution in [1.29, 1.82) is 0 Å². The predicted molar refractivity (Wildman–Crippen MR) is 400 cm³/mol. The van der Waals surface area contributed by atoms with Gasteiger partial charge in [-0.15, -0.1) is 0 Å². The van der Waals surface area contributed by atoms with E-state index in [1.54, 1.807) is 0 Å². The highest BCUT2D eigenvalue weighted by atomic mass is 16.5. The van der Waals surface area contributed by atoms with Crippen LogP contribution in [0.2, 0.25) is 0 Å². The van der Waals surface area contributed by atoms with Crippen molar-refractivity contribution in [2.45, 2.75) is 407 Å². The lowest BCUT2D eigenvalue weighted by Crippen LogP contribution is -2.53. The zero-order chi connectivity index (χ0) is 68.6. The third-order valence-corrected chi connectivity index (χ3v) is 22.1. The lowest BCUT2D eigenvalue weighted by atomic mass is 9.95. The van der Waals surface area contributed by atoms with Gasteiger partial charge in [-0.2, -0.15) is 0 Å². The van der Waals surface area contributed by atoms with E-state index in [4.69, 9.17) is 18.9 Å². The minimum atomic E-state index is -0.736. The second-order valence-corrected chi connectivity index (χ2v) is 31.1. The van der Waals surface area contributed by atoms with Crippen molar-refractivity contribution in [1.82, 2.24) is 20.4 Å². The first-order valence-electron chi connectivity index (χ1n) is 42.1. The molecule has 558 valence electrons. The Balaban J connectivity index is 1.71. The predicted octanol–water partition coefficient (Wildman–Crippen LogP) is 21.2. The highest BCUT2D eigenvalue weighted by molar-refractivity contribution is 5.83. The number of carbonyl (C=O) groups excluding carboxylic acids is 4. The Kier molecular flexibility index (Phi) is 54.4. The molecule has 0 aliphatic carbocycles. The van der Waals surface area contributed by atoms with Gasteiger partial charge in [0.2, 0.25) is 0 Å². The number of carbonyl (C=O) groups is 4. The summed E-state index contributed by atoms with van der Waals surface area (Å²) in [4.78, 5) is 62.0. The molecular weight excluding hydrogens is 1180 g/mol. The molecule has 3 aliphatic heterocycles. The standard InChI is InChI=1S/C83H158N4O8/c1-9-17-25-33-37-45-53-71(49-41-30-22-14-6)67-93-81(89)59-79(83(91)95-69-73(51-43-32-24-16-8)55-47-39-35-27-19-11-3)85-61-75-57-77-65-86-62-74(56-76(86)64-87(77)63-75)60-84-78(58-80(88)92-66-70(48-40-29-21-13-5)52-44-36-28-20-12-4)82(90)94-68-72(50-42-31-23-15-7)54-46-38-34-26-18-10-2/h70-79,84-85H,9-69H2,1-8H3. The van der Waals surface area contributed by atoms with Crippen LogP contribution < -0.4 is 10.6 Å². The normalized spacial score (nSPS) is 19.2. The molecule has 95 heavy (non-hydrogen) atoms. The summed E-state index contributed by atoms with van der Waals surface area (Å²) in [7, 11) is 0. The van der Waals surface area contributed by atoms with Crippen LogP contribution in [0.25, 0.3) is 0 Å². The van der Waals surface area contributed by atoms with E-state index in [1.807, 2.05) is 0 Å². The molecule has 0 aromatic heterocycles. The Morgan fingerprint density at radius 2 is 0.526 bits per heavy atom. The van der Waals surface area contributed by atoms with E-state index in [1.165, 1.54) is 250 Å². The summed E-state index contributed by atoms with van der Waals surface area (Å²) >= 11 is 0. The molecule has 2 N–H and O–H groups in total. The van der Waals surface area contributed by atoms with E-state index in [0.29, 0.717) is 87.1 Å². The maximum atomic E-state index is 14.4. The number of nitrogens with zero attached hydrogens (tertiary/aromatic N) is 2. The van der Waals surface area contributed by atoms with Gasteiger partial charge in [0.1, 0.15) is 12.1 Å². The Bertz CT molecular complexity index is 1800. The SMILES string of the molecule is CCCCCCCCC(CCCCCC)COC(=O)CC(NCC1CC2CN3CC(CNC(CC(=O)OCC(CCCCCC)CCCCCCC)C(=O)OCC(CCCCCC)CCCCCCCC)CC3CN2C1)C(=O)OCC(CCCCCC)CCCCCCCC. The Labute approximate surface area is 587 Å². The summed E-state index contributed by atoms with van der Waals surface area (Å²) in [6.07, 6.45) is 59.0. The topological polar surface area (TPSA) is 136 Å². The molecule has 3 aliphatic rings. The van der Waals surface area contributed by atoms with Gasteiger partial charge in [0.15, 0.2) is 0 Å². The molecule has 3 saturated heterocycles. The summed E-state index contributed by atoms with van der Waals surface area (Å²) in [5.74, 6) is 0.928. The van der Waals surface area contributed by atoms with Crippen LogP contribution in [0.3, 0.4) is 0 Å². The maximum absolute atomic E-state index is 14.4. The third-order valence-electron chi connectivity index (χ3n) is 22.1. The zero-order valence-electron chi connectivity index (χ0n) is 64.1. The van der Waals surface area contributed by atoms with Crippen LogP contribution in [-0.4, -0.2) is 124 Å². The molecule has 12 heteroatoms.